The number of piperidine rings is 1. The van der Waals surface area contributed by atoms with Gasteiger partial charge in [0, 0.05) is 6.04 Å². The van der Waals surface area contributed by atoms with Crippen molar-refractivity contribution in [3.05, 3.63) is 54.6 Å². The zero-order valence-electron chi connectivity index (χ0n) is 12.8. The minimum absolute atomic E-state index is 0. The Morgan fingerprint density at radius 2 is 1.77 bits per heavy atom. The van der Waals surface area contributed by atoms with Crippen molar-refractivity contribution in [2.75, 3.05) is 13.2 Å². The first kappa shape index (κ1) is 16.9. The Labute approximate surface area is 139 Å². The topological polar surface area (TPSA) is 21.3 Å². The van der Waals surface area contributed by atoms with E-state index in [-0.39, 0.29) is 12.4 Å². The third-order valence-corrected chi connectivity index (χ3v) is 4.09. The van der Waals surface area contributed by atoms with E-state index in [9.17, 15) is 0 Å². The van der Waals surface area contributed by atoms with Gasteiger partial charge in [0.05, 0.1) is 6.61 Å². The molecular weight excluding hydrogens is 294 g/mol. The molecule has 0 radical (unpaired) electrons. The molecule has 2 aromatic carbocycles. The van der Waals surface area contributed by atoms with Crippen LogP contribution in [0.2, 0.25) is 0 Å². The highest BCUT2D eigenvalue weighted by atomic mass is 35.5. The van der Waals surface area contributed by atoms with Gasteiger partial charge in [-0.1, -0.05) is 48.9 Å². The van der Waals surface area contributed by atoms with Crippen molar-refractivity contribution in [1.29, 1.82) is 0 Å². The molecule has 0 saturated carbocycles. The minimum atomic E-state index is 0. The second-order valence-electron chi connectivity index (χ2n) is 5.68. The third-order valence-electron chi connectivity index (χ3n) is 4.09. The lowest BCUT2D eigenvalue weighted by atomic mass is 10.0. The number of hydrogen-bond acceptors (Lipinski definition) is 2. The van der Waals surface area contributed by atoms with Gasteiger partial charge >= 0.3 is 0 Å². The summed E-state index contributed by atoms with van der Waals surface area (Å²) in [4.78, 5) is 0. The number of ether oxygens (including phenoxy) is 1. The van der Waals surface area contributed by atoms with E-state index in [2.05, 4.69) is 47.8 Å². The lowest BCUT2D eigenvalue weighted by Gasteiger charge is -2.23. The van der Waals surface area contributed by atoms with Gasteiger partial charge < -0.3 is 10.1 Å². The number of benzene rings is 2. The summed E-state index contributed by atoms with van der Waals surface area (Å²) in [6.45, 7) is 1.95. The molecule has 2 aromatic rings. The molecule has 3 rings (SSSR count). The molecule has 1 fully saturated rings. The van der Waals surface area contributed by atoms with Gasteiger partial charge in [-0.05, 0) is 49.1 Å². The van der Waals surface area contributed by atoms with Gasteiger partial charge in [0.1, 0.15) is 5.75 Å². The Morgan fingerprint density at radius 1 is 0.955 bits per heavy atom. The van der Waals surface area contributed by atoms with Gasteiger partial charge in [0.15, 0.2) is 0 Å². The second-order valence-corrected chi connectivity index (χ2v) is 5.68. The van der Waals surface area contributed by atoms with Crippen LogP contribution in [0, 0.1) is 0 Å². The van der Waals surface area contributed by atoms with Crippen molar-refractivity contribution >= 4 is 12.4 Å². The Bertz CT molecular complexity index is 552. The van der Waals surface area contributed by atoms with Crippen LogP contribution in [-0.4, -0.2) is 19.2 Å². The van der Waals surface area contributed by atoms with Crippen LogP contribution in [0.15, 0.2) is 54.6 Å². The summed E-state index contributed by atoms with van der Waals surface area (Å²) in [6, 6.07) is 19.4. The summed E-state index contributed by atoms with van der Waals surface area (Å²) in [5.41, 5.74) is 2.45. The molecule has 2 nitrogen and oxygen atoms in total. The fourth-order valence-corrected chi connectivity index (χ4v) is 2.89. The molecule has 1 saturated heterocycles. The zero-order chi connectivity index (χ0) is 14.3. The van der Waals surface area contributed by atoms with Gasteiger partial charge in [0.25, 0.3) is 0 Å². The van der Waals surface area contributed by atoms with Crippen LogP contribution in [0.4, 0.5) is 0 Å². The Balaban J connectivity index is 0.00000176. The van der Waals surface area contributed by atoms with Gasteiger partial charge in [-0.3, -0.25) is 0 Å². The molecule has 0 bridgehead atoms. The molecule has 0 aromatic heterocycles. The molecule has 1 heterocycles. The average molecular weight is 318 g/mol. The first-order chi connectivity index (χ1) is 10.4. The van der Waals surface area contributed by atoms with E-state index in [1.807, 2.05) is 12.1 Å². The van der Waals surface area contributed by atoms with Gasteiger partial charge in [-0.2, -0.15) is 0 Å². The lowest BCUT2D eigenvalue weighted by molar-refractivity contribution is 0.268. The van der Waals surface area contributed by atoms with Gasteiger partial charge in [-0.15, -0.1) is 12.4 Å². The highest BCUT2D eigenvalue weighted by Gasteiger charge is 2.12. The average Bonchev–Trinajstić information content (AvgIpc) is 2.57. The highest BCUT2D eigenvalue weighted by Crippen LogP contribution is 2.23. The van der Waals surface area contributed by atoms with E-state index in [4.69, 9.17) is 4.74 Å². The van der Waals surface area contributed by atoms with Crippen LogP contribution in [-0.2, 0) is 0 Å². The Hall–Kier alpha value is -1.51. The summed E-state index contributed by atoms with van der Waals surface area (Å²) in [5.74, 6) is 0.965. The maximum absolute atomic E-state index is 5.93. The molecular formula is C19H24ClNO. The summed E-state index contributed by atoms with van der Waals surface area (Å²) in [6.07, 6.45) is 5.04. The smallest absolute Gasteiger partial charge is 0.119 e. The van der Waals surface area contributed by atoms with Crippen molar-refractivity contribution in [1.82, 2.24) is 5.32 Å². The third kappa shape index (κ3) is 4.75. The number of hydrogen-bond donors (Lipinski definition) is 1. The van der Waals surface area contributed by atoms with E-state index >= 15 is 0 Å². The van der Waals surface area contributed by atoms with E-state index in [1.54, 1.807) is 0 Å². The standard InChI is InChI=1S/C19H23NO.ClH/c1-2-7-16(8-3-1)17-9-6-11-19(15-17)21-14-12-18-10-4-5-13-20-18;/h1-3,6-9,11,15,18,20H,4-5,10,12-14H2;1H/t18-;/m0./s1. The van der Waals surface area contributed by atoms with E-state index in [0.29, 0.717) is 6.04 Å². The van der Waals surface area contributed by atoms with E-state index in [1.165, 1.54) is 30.4 Å². The number of halogens is 1. The largest absolute Gasteiger partial charge is 0.494 e. The van der Waals surface area contributed by atoms with Crippen LogP contribution >= 0.6 is 12.4 Å². The fraction of sp³-hybridized carbons (Fsp3) is 0.368. The molecule has 0 aliphatic carbocycles. The zero-order valence-corrected chi connectivity index (χ0v) is 13.6. The van der Waals surface area contributed by atoms with Crippen LogP contribution in [0.5, 0.6) is 5.75 Å². The summed E-state index contributed by atoms with van der Waals surface area (Å²) in [5, 5.41) is 3.56. The summed E-state index contributed by atoms with van der Waals surface area (Å²) in [7, 11) is 0. The molecule has 3 heteroatoms. The molecule has 0 amide bonds. The van der Waals surface area contributed by atoms with Crippen molar-refractivity contribution < 1.29 is 4.74 Å². The van der Waals surface area contributed by atoms with Crippen molar-refractivity contribution in [3.63, 3.8) is 0 Å². The van der Waals surface area contributed by atoms with Crippen molar-refractivity contribution in [2.24, 2.45) is 0 Å². The second kappa shape index (κ2) is 8.82. The highest BCUT2D eigenvalue weighted by molar-refractivity contribution is 5.85. The summed E-state index contributed by atoms with van der Waals surface area (Å²) >= 11 is 0. The SMILES string of the molecule is Cl.c1ccc(-c2cccc(OCC[C@@H]3CCCCN3)c2)cc1. The molecule has 1 N–H and O–H groups in total. The number of rotatable bonds is 5. The van der Waals surface area contributed by atoms with Crippen molar-refractivity contribution in [2.45, 2.75) is 31.7 Å². The molecule has 22 heavy (non-hydrogen) atoms. The van der Waals surface area contributed by atoms with Crippen LogP contribution < -0.4 is 10.1 Å². The molecule has 1 aliphatic rings. The summed E-state index contributed by atoms with van der Waals surface area (Å²) < 4.78 is 5.93. The normalized spacial score (nSPS) is 17.5. The molecule has 0 spiro atoms. The molecule has 1 aliphatic heterocycles. The van der Waals surface area contributed by atoms with Gasteiger partial charge in [0.2, 0.25) is 0 Å². The molecule has 1 atom stereocenters. The molecule has 0 unspecified atom stereocenters. The quantitative estimate of drug-likeness (QED) is 0.864. The Morgan fingerprint density at radius 3 is 2.55 bits per heavy atom. The van der Waals surface area contributed by atoms with Gasteiger partial charge in [-0.25, -0.2) is 0 Å². The maximum atomic E-state index is 5.93. The monoisotopic (exact) mass is 317 g/mol. The van der Waals surface area contributed by atoms with E-state index < -0.39 is 0 Å². The van der Waals surface area contributed by atoms with Crippen LogP contribution in [0.25, 0.3) is 11.1 Å². The number of nitrogens with one attached hydrogen (secondary N) is 1. The fourth-order valence-electron chi connectivity index (χ4n) is 2.89. The van der Waals surface area contributed by atoms with Crippen molar-refractivity contribution in [3.8, 4) is 16.9 Å². The van der Waals surface area contributed by atoms with Crippen LogP contribution in [0.1, 0.15) is 25.7 Å². The molecule has 118 valence electrons. The maximum Gasteiger partial charge on any atom is 0.119 e. The van der Waals surface area contributed by atoms with Crippen LogP contribution in [0.3, 0.4) is 0 Å². The predicted molar refractivity (Wildman–Crippen MR) is 94.9 cm³/mol. The first-order valence-electron chi connectivity index (χ1n) is 7.93. The van der Waals surface area contributed by atoms with E-state index in [0.717, 1.165) is 25.3 Å². The predicted octanol–water partition coefficient (Wildman–Crippen LogP) is 4.69. The minimum Gasteiger partial charge on any atom is -0.494 e. The lowest BCUT2D eigenvalue weighted by Crippen LogP contribution is -2.35. The first-order valence-corrected chi connectivity index (χ1v) is 7.93. The Kier molecular flexibility index (Phi) is 6.75.